The maximum absolute atomic E-state index is 12.0. The van der Waals surface area contributed by atoms with Gasteiger partial charge in [0.1, 0.15) is 5.76 Å². The fourth-order valence-electron chi connectivity index (χ4n) is 2.26. The monoisotopic (exact) mass is 265 g/mol. The summed E-state index contributed by atoms with van der Waals surface area (Å²) in [5.74, 6) is 5.85. The Balaban J connectivity index is 2.10. The number of furan rings is 1. The number of nitrogens with one attached hydrogen (secondary N) is 1. The molecule has 0 aromatic carbocycles. The Morgan fingerprint density at radius 2 is 2.37 bits per heavy atom. The third-order valence-corrected chi connectivity index (χ3v) is 3.55. The smallest absolute Gasteiger partial charge is 0.268 e. The van der Waals surface area contributed by atoms with Gasteiger partial charge in [-0.3, -0.25) is 15.0 Å². The summed E-state index contributed by atoms with van der Waals surface area (Å²) in [7, 11) is 0. The van der Waals surface area contributed by atoms with E-state index in [1.807, 2.05) is 0 Å². The van der Waals surface area contributed by atoms with E-state index in [-0.39, 0.29) is 5.91 Å². The molecule has 1 unspecified atom stereocenters. The lowest BCUT2D eigenvalue weighted by atomic mass is 10.0. The maximum atomic E-state index is 12.0. The fraction of sp³-hybridized carbons (Fsp3) is 0.538. The molecule has 1 atom stereocenters. The third kappa shape index (κ3) is 3.14. The van der Waals surface area contributed by atoms with Crippen LogP contribution in [0.5, 0.6) is 0 Å². The van der Waals surface area contributed by atoms with Gasteiger partial charge in [-0.05, 0) is 24.8 Å². The van der Waals surface area contributed by atoms with Gasteiger partial charge in [0, 0.05) is 13.0 Å². The van der Waals surface area contributed by atoms with Crippen LogP contribution in [0, 0.1) is 5.92 Å². The zero-order chi connectivity index (χ0) is 13.8. The highest BCUT2D eigenvalue weighted by atomic mass is 16.3. The standard InChI is InChI=1S/C13H19N3O3/c1-9-2-3-12(17)16(6-4-9)8-11-10(5-7-19-11)13(18)15-14/h5,7,9H,2-4,6,8,14H2,1H3,(H,15,18). The van der Waals surface area contributed by atoms with Gasteiger partial charge >= 0.3 is 0 Å². The zero-order valence-electron chi connectivity index (χ0n) is 11.0. The molecule has 1 aliphatic rings. The third-order valence-electron chi connectivity index (χ3n) is 3.55. The molecule has 0 bridgehead atoms. The second-order valence-corrected chi connectivity index (χ2v) is 4.98. The Hall–Kier alpha value is -1.82. The highest BCUT2D eigenvalue weighted by Gasteiger charge is 2.23. The molecule has 0 aliphatic carbocycles. The summed E-state index contributed by atoms with van der Waals surface area (Å²) < 4.78 is 5.30. The van der Waals surface area contributed by atoms with Crippen LogP contribution in [0.2, 0.25) is 0 Å². The van der Waals surface area contributed by atoms with E-state index < -0.39 is 5.91 Å². The Kier molecular flexibility index (Phi) is 4.21. The number of hydrogen-bond acceptors (Lipinski definition) is 4. The molecular weight excluding hydrogens is 246 g/mol. The number of hydrogen-bond donors (Lipinski definition) is 2. The first kappa shape index (κ1) is 13.6. The Morgan fingerprint density at radius 3 is 3.11 bits per heavy atom. The number of hydrazine groups is 1. The number of carbonyl (C=O) groups is 2. The van der Waals surface area contributed by atoms with Crippen LogP contribution in [0.1, 0.15) is 42.3 Å². The van der Waals surface area contributed by atoms with Crippen molar-refractivity contribution < 1.29 is 14.0 Å². The minimum Gasteiger partial charge on any atom is -0.467 e. The van der Waals surface area contributed by atoms with Crippen molar-refractivity contribution in [2.24, 2.45) is 11.8 Å². The zero-order valence-corrected chi connectivity index (χ0v) is 11.0. The molecule has 6 heteroatoms. The van der Waals surface area contributed by atoms with Crippen LogP contribution >= 0.6 is 0 Å². The minimum atomic E-state index is -0.403. The van der Waals surface area contributed by atoms with Crippen molar-refractivity contribution >= 4 is 11.8 Å². The summed E-state index contributed by atoms with van der Waals surface area (Å²) in [4.78, 5) is 25.3. The molecule has 6 nitrogen and oxygen atoms in total. The normalized spacial score (nSPS) is 20.2. The summed E-state index contributed by atoms with van der Waals surface area (Å²) in [5.41, 5.74) is 2.46. The lowest BCUT2D eigenvalue weighted by molar-refractivity contribution is -0.131. The second kappa shape index (κ2) is 5.88. The number of rotatable bonds is 3. The van der Waals surface area contributed by atoms with Gasteiger partial charge in [-0.2, -0.15) is 0 Å². The fourth-order valence-corrected chi connectivity index (χ4v) is 2.26. The summed E-state index contributed by atoms with van der Waals surface area (Å²) in [6.45, 7) is 3.17. The summed E-state index contributed by atoms with van der Waals surface area (Å²) in [5, 5.41) is 0. The first-order valence-corrected chi connectivity index (χ1v) is 6.47. The molecule has 0 spiro atoms. The minimum absolute atomic E-state index is 0.111. The average Bonchev–Trinajstić information content (AvgIpc) is 2.81. The molecule has 1 aromatic heterocycles. The van der Waals surface area contributed by atoms with Gasteiger partial charge in [0.15, 0.2) is 0 Å². The number of likely N-dealkylation sites (tertiary alicyclic amines) is 1. The van der Waals surface area contributed by atoms with Gasteiger partial charge in [0.05, 0.1) is 18.4 Å². The van der Waals surface area contributed by atoms with Crippen LogP contribution in [0.4, 0.5) is 0 Å². The summed E-state index contributed by atoms with van der Waals surface area (Å²) in [6, 6.07) is 1.56. The van der Waals surface area contributed by atoms with Crippen molar-refractivity contribution in [1.29, 1.82) is 0 Å². The van der Waals surface area contributed by atoms with Gasteiger partial charge in [-0.25, -0.2) is 5.84 Å². The molecule has 1 aromatic rings. The molecule has 19 heavy (non-hydrogen) atoms. The van der Waals surface area contributed by atoms with Gasteiger partial charge in [0.25, 0.3) is 5.91 Å². The topological polar surface area (TPSA) is 88.6 Å². The van der Waals surface area contributed by atoms with Crippen molar-refractivity contribution in [2.45, 2.75) is 32.7 Å². The van der Waals surface area contributed by atoms with Crippen molar-refractivity contribution in [3.05, 3.63) is 23.7 Å². The van der Waals surface area contributed by atoms with Crippen LogP contribution in [0.15, 0.2) is 16.7 Å². The largest absolute Gasteiger partial charge is 0.467 e. The predicted octanol–water partition coefficient (Wildman–Crippen LogP) is 1.03. The summed E-state index contributed by atoms with van der Waals surface area (Å²) in [6.07, 6.45) is 3.89. The van der Waals surface area contributed by atoms with E-state index in [4.69, 9.17) is 10.3 Å². The van der Waals surface area contributed by atoms with Crippen molar-refractivity contribution in [1.82, 2.24) is 10.3 Å². The Labute approximate surface area is 111 Å². The van der Waals surface area contributed by atoms with Crippen LogP contribution in [-0.2, 0) is 11.3 Å². The predicted molar refractivity (Wildman–Crippen MR) is 68.8 cm³/mol. The van der Waals surface area contributed by atoms with E-state index >= 15 is 0 Å². The van der Waals surface area contributed by atoms with Crippen LogP contribution in [0.3, 0.4) is 0 Å². The summed E-state index contributed by atoms with van der Waals surface area (Å²) >= 11 is 0. The molecule has 1 aliphatic heterocycles. The lowest BCUT2D eigenvalue weighted by Crippen LogP contribution is -2.33. The van der Waals surface area contributed by atoms with Gasteiger partial charge in [-0.1, -0.05) is 6.92 Å². The van der Waals surface area contributed by atoms with Gasteiger partial charge in [0.2, 0.25) is 5.91 Å². The highest BCUT2D eigenvalue weighted by molar-refractivity contribution is 5.94. The molecule has 1 saturated heterocycles. The first-order valence-electron chi connectivity index (χ1n) is 6.47. The number of carbonyl (C=O) groups excluding carboxylic acids is 2. The van der Waals surface area contributed by atoms with Crippen molar-refractivity contribution in [3.8, 4) is 0 Å². The average molecular weight is 265 g/mol. The van der Waals surface area contributed by atoms with Crippen LogP contribution in [-0.4, -0.2) is 23.3 Å². The quantitative estimate of drug-likeness (QED) is 0.485. The van der Waals surface area contributed by atoms with Gasteiger partial charge in [-0.15, -0.1) is 0 Å². The van der Waals surface area contributed by atoms with E-state index in [2.05, 4.69) is 12.3 Å². The molecule has 0 radical (unpaired) electrons. The van der Waals surface area contributed by atoms with Gasteiger partial charge < -0.3 is 9.32 Å². The highest BCUT2D eigenvalue weighted by Crippen LogP contribution is 2.20. The molecule has 104 valence electrons. The SMILES string of the molecule is CC1CCC(=O)N(Cc2occc2C(=O)NN)CC1. The number of nitrogens with two attached hydrogens (primary N) is 1. The molecule has 1 fully saturated rings. The first-order chi connectivity index (χ1) is 9.11. The molecule has 2 amide bonds. The van der Waals surface area contributed by atoms with Crippen molar-refractivity contribution in [2.75, 3.05) is 6.54 Å². The number of amides is 2. The van der Waals surface area contributed by atoms with E-state index in [9.17, 15) is 9.59 Å². The van der Waals surface area contributed by atoms with Crippen LogP contribution < -0.4 is 11.3 Å². The van der Waals surface area contributed by atoms with E-state index in [0.29, 0.717) is 36.8 Å². The van der Waals surface area contributed by atoms with Crippen LogP contribution in [0.25, 0.3) is 0 Å². The molecule has 3 N–H and O–H groups in total. The molecule has 0 saturated carbocycles. The van der Waals surface area contributed by atoms with E-state index in [1.165, 1.54) is 6.26 Å². The number of nitrogen functional groups attached to an aromatic ring is 1. The van der Waals surface area contributed by atoms with Crippen molar-refractivity contribution in [3.63, 3.8) is 0 Å². The Morgan fingerprint density at radius 1 is 1.58 bits per heavy atom. The molecule has 2 heterocycles. The molecular formula is C13H19N3O3. The maximum Gasteiger partial charge on any atom is 0.268 e. The molecule has 2 rings (SSSR count). The lowest BCUT2D eigenvalue weighted by Gasteiger charge is -2.19. The van der Waals surface area contributed by atoms with E-state index in [0.717, 1.165) is 12.8 Å². The number of nitrogens with zero attached hydrogens (tertiary/aromatic N) is 1. The second-order valence-electron chi connectivity index (χ2n) is 4.98. The Bertz CT molecular complexity index is 469. The van der Waals surface area contributed by atoms with E-state index in [1.54, 1.807) is 11.0 Å².